The van der Waals surface area contributed by atoms with Crippen LogP contribution in [-0.4, -0.2) is 32.9 Å². The van der Waals surface area contributed by atoms with Gasteiger partial charge in [0.05, 0.1) is 17.3 Å². The Kier molecular flexibility index (Phi) is 3.06. The second-order valence-corrected chi connectivity index (χ2v) is 4.73. The van der Waals surface area contributed by atoms with Crippen molar-refractivity contribution in [3.8, 4) is 0 Å². The summed E-state index contributed by atoms with van der Waals surface area (Å²) in [6, 6.07) is 9.59. The smallest absolute Gasteiger partial charge is 0.339 e. The summed E-state index contributed by atoms with van der Waals surface area (Å²) in [6.07, 6.45) is 3.02. The van der Waals surface area contributed by atoms with Crippen molar-refractivity contribution in [2.24, 2.45) is 7.05 Å². The Balaban J connectivity index is 2.28. The maximum absolute atomic E-state index is 11.5. The number of aryl methyl sites for hydroxylation is 1. The zero-order valence-electron chi connectivity index (χ0n) is 11.7. The third kappa shape index (κ3) is 2.10. The van der Waals surface area contributed by atoms with E-state index in [1.54, 1.807) is 17.9 Å². The number of aromatic nitrogens is 3. The largest absolute Gasteiger partial charge is 0.478 e. The first-order valence-corrected chi connectivity index (χ1v) is 6.42. The van der Waals surface area contributed by atoms with Gasteiger partial charge in [0.2, 0.25) is 0 Å². The highest BCUT2D eigenvalue weighted by atomic mass is 16.4. The number of benzene rings is 1. The molecule has 0 saturated heterocycles. The molecule has 3 aromatic rings. The van der Waals surface area contributed by atoms with Crippen molar-refractivity contribution in [1.29, 1.82) is 0 Å². The number of carboxylic acids is 1. The number of rotatable bonds is 3. The highest BCUT2D eigenvalue weighted by Gasteiger charge is 2.20. The lowest BCUT2D eigenvalue weighted by Gasteiger charge is -2.22. The van der Waals surface area contributed by atoms with Gasteiger partial charge in [0.25, 0.3) is 0 Å². The zero-order valence-corrected chi connectivity index (χ0v) is 11.7. The van der Waals surface area contributed by atoms with E-state index in [-0.39, 0.29) is 5.56 Å². The van der Waals surface area contributed by atoms with Gasteiger partial charge >= 0.3 is 5.97 Å². The molecular formula is C15H14N4O2. The summed E-state index contributed by atoms with van der Waals surface area (Å²) in [6.45, 7) is 0. The van der Waals surface area contributed by atoms with Gasteiger partial charge in [-0.15, -0.1) is 0 Å². The van der Waals surface area contributed by atoms with Crippen LogP contribution in [0.4, 0.5) is 11.4 Å². The molecule has 0 aliphatic heterocycles. The molecule has 0 spiro atoms. The summed E-state index contributed by atoms with van der Waals surface area (Å²) < 4.78 is 1.63. The minimum atomic E-state index is -1.01. The van der Waals surface area contributed by atoms with Gasteiger partial charge in [-0.3, -0.25) is 4.68 Å². The van der Waals surface area contributed by atoms with Crippen molar-refractivity contribution in [3.63, 3.8) is 0 Å². The van der Waals surface area contributed by atoms with Gasteiger partial charge in [-0.1, -0.05) is 18.2 Å². The standard InChI is InChI=1S/C15H14N4O2/c1-18(10-6-4-3-5-7-10)13-11-9-17-19(2)14(11)16-8-12(13)15(20)21/h3-9H,1-2H3,(H,20,21). The van der Waals surface area contributed by atoms with Crippen LogP contribution in [0.2, 0.25) is 0 Å². The first kappa shape index (κ1) is 13.1. The molecule has 0 aliphatic carbocycles. The number of para-hydroxylation sites is 1. The number of carbonyl (C=O) groups is 1. The quantitative estimate of drug-likeness (QED) is 0.799. The van der Waals surface area contributed by atoms with E-state index in [9.17, 15) is 9.90 Å². The Morgan fingerprint density at radius 3 is 2.62 bits per heavy atom. The zero-order chi connectivity index (χ0) is 15.0. The summed E-state index contributed by atoms with van der Waals surface area (Å²) in [5.74, 6) is -1.01. The third-order valence-corrected chi connectivity index (χ3v) is 3.44. The van der Waals surface area contributed by atoms with E-state index in [1.165, 1.54) is 6.20 Å². The van der Waals surface area contributed by atoms with Crippen molar-refractivity contribution >= 4 is 28.4 Å². The molecule has 0 saturated carbocycles. The molecular weight excluding hydrogens is 268 g/mol. The van der Waals surface area contributed by atoms with Gasteiger partial charge in [-0.25, -0.2) is 9.78 Å². The second kappa shape index (κ2) is 4.90. The monoisotopic (exact) mass is 282 g/mol. The molecule has 0 bridgehead atoms. The number of anilines is 2. The molecule has 0 radical (unpaired) electrons. The van der Waals surface area contributed by atoms with Crippen molar-refractivity contribution in [3.05, 3.63) is 48.3 Å². The van der Waals surface area contributed by atoms with Crippen LogP contribution in [0.15, 0.2) is 42.7 Å². The molecule has 0 aliphatic rings. The predicted molar refractivity (Wildman–Crippen MR) is 80.0 cm³/mol. The molecule has 1 N–H and O–H groups in total. The molecule has 0 fully saturated rings. The van der Waals surface area contributed by atoms with Crippen molar-refractivity contribution < 1.29 is 9.90 Å². The van der Waals surface area contributed by atoms with Gasteiger partial charge in [0, 0.05) is 26.0 Å². The van der Waals surface area contributed by atoms with E-state index < -0.39 is 5.97 Å². The first-order valence-electron chi connectivity index (χ1n) is 6.42. The van der Waals surface area contributed by atoms with E-state index in [2.05, 4.69) is 10.1 Å². The number of hydrogen-bond acceptors (Lipinski definition) is 4. The van der Waals surface area contributed by atoms with Crippen molar-refractivity contribution in [1.82, 2.24) is 14.8 Å². The summed E-state index contributed by atoms with van der Waals surface area (Å²) in [5, 5.41) is 14.3. The Morgan fingerprint density at radius 2 is 1.95 bits per heavy atom. The number of carboxylic acid groups (broad SMARTS) is 1. The molecule has 0 unspecified atom stereocenters. The Labute approximate surface area is 121 Å². The van der Waals surface area contributed by atoms with Gasteiger partial charge in [-0.2, -0.15) is 5.10 Å². The van der Waals surface area contributed by atoms with E-state index in [0.717, 1.165) is 5.69 Å². The van der Waals surface area contributed by atoms with Crippen LogP contribution < -0.4 is 4.90 Å². The topological polar surface area (TPSA) is 71.2 Å². The summed E-state index contributed by atoms with van der Waals surface area (Å²) in [4.78, 5) is 17.5. The minimum absolute atomic E-state index is 0.154. The fourth-order valence-electron chi connectivity index (χ4n) is 2.38. The fraction of sp³-hybridized carbons (Fsp3) is 0.133. The summed E-state index contributed by atoms with van der Waals surface area (Å²) >= 11 is 0. The van der Waals surface area contributed by atoms with Crippen LogP contribution in [0.5, 0.6) is 0 Å². The van der Waals surface area contributed by atoms with Gasteiger partial charge in [0.15, 0.2) is 5.65 Å². The number of nitrogens with zero attached hydrogens (tertiary/aromatic N) is 4. The number of fused-ring (bicyclic) bond motifs is 1. The van der Waals surface area contributed by atoms with E-state index >= 15 is 0 Å². The molecule has 0 atom stereocenters. The highest BCUT2D eigenvalue weighted by molar-refractivity contribution is 6.04. The van der Waals surface area contributed by atoms with Gasteiger partial charge < -0.3 is 10.0 Å². The lowest BCUT2D eigenvalue weighted by Crippen LogP contribution is -2.15. The fourth-order valence-corrected chi connectivity index (χ4v) is 2.38. The minimum Gasteiger partial charge on any atom is -0.478 e. The molecule has 6 heteroatoms. The molecule has 1 aromatic carbocycles. The molecule has 6 nitrogen and oxygen atoms in total. The number of aromatic carboxylic acids is 1. The third-order valence-electron chi connectivity index (χ3n) is 3.44. The van der Waals surface area contributed by atoms with Gasteiger partial charge in [0.1, 0.15) is 5.56 Å². The van der Waals surface area contributed by atoms with Crippen molar-refractivity contribution in [2.45, 2.75) is 0 Å². The highest BCUT2D eigenvalue weighted by Crippen LogP contribution is 2.33. The van der Waals surface area contributed by atoms with Crippen LogP contribution in [-0.2, 0) is 7.05 Å². The normalized spacial score (nSPS) is 10.8. The maximum Gasteiger partial charge on any atom is 0.339 e. The van der Waals surface area contributed by atoms with Crippen LogP contribution in [0.25, 0.3) is 11.0 Å². The van der Waals surface area contributed by atoms with Crippen LogP contribution in [0, 0.1) is 0 Å². The van der Waals surface area contributed by atoms with Crippen LogP contribution in [0.1, 0.15) is 10.4 Å². The Morgan fingerprint density at radius 1 is 1.24 bits per heavy atom. The average molecular weight is 282 g/mol. The Hall–Kier alpha value is -2.89. The second-order valence-electron chi connectivity index (χ2n) is 4.73. The number of pyridine rings is 1. The first-order chi connectivity index (χ1) is 10.1. The maximum atomic E-state index is 11.5. The van der Waals surface area contributed by atoms with E-state index in [0.29, 0.717) is 16.7 Å². The van der Waals surface area contributed by atoms with Crippen LogP contribution >= 0.6 is 0 Å². The summed E-state index contributed by atoms with van der Waals surface area (Å²) in [5.41, 5.74) is 2.29. The summed E-state index contributed by atoms with van der Waals surface area (Å²) in [7, 11) is 3.62. The van der Waals surface area contributed by atoms with Crippen LogP contribution in [0.3, 0.4) is 0 Å². The Bertz CT molecular complexity index is 811. The lowest BCUT2D eigenvalue weighted by atomic mass is 10.1. The average Bonchev–Trinajstić information content (AvgIpc) is 2.88. The predicted octanol–water partition coefficient (Wildman–Crippen LogP) is 2.43. The molecule has 21 heavy (non-hydrogen) atoms. The van der Waals surface area contributed by atoms with Crippen molar-refractivity contribution in [2.75, 3.05) is 11.9 Å². The lowest BCUT2D eigenvalue weighted by molar-refractivity contribution is 0.0697. The van der Waals surface area contributed by atoms with E-state index in [4.69, 9.17) is 0 Å². The molecule has 0 amide bonds. The number of hydrogen-bond donors (Lipinski definition) is 1. The molecule has 2 heterocycles. The molecule has 106 valence electrons. The van der Waals surface area contributed by atoms with Gasteiger partial charge in [-0.05, 0) is 12.1 Å². The van der Waals surface area contributed by atoms with E-state index in [1.807, 2.05) is 42.3 Å². The molecule has 3 rings (SSSR count). The SMILES string of the molecule is CN(c1ccccc1)c1c(C(=O)O)cnc2c1cnn2C. The molecule has 2 aromatic heterocycles.